The summed E-state index contributed by atoms with van der Waals surface area (Å²) in [5, 5.41) is 7.52. The number of allylic oxidation sites excluding steroid dienone is 1. The zero-order chi connectivity index (χ0) is 16.5. The average molecular weight is 322 g/mol. The molecule has 4 rings (SSSR count). The van der Waals surface area contributed by atoms with E-state index in [1.54, 1.807) is 17.9 Å². The maximum atomic E-state index is 13.6. The van der Waals surface area contributed by atoms with Crippen LogP contribution in [0.1, 0.15) is 17.2 Å². The van der Waals surface area contributed by atoms with Gasteiger partial charge in [0.15, 0.2) is 0 Å². The first-order valence-electron chi connectivity index (χ1n) is 7.53. The fraction of sp³-hybridized carbons (Fsp3) is 0.111. The lowest BCUT2D eigenvalue weighted by atomic mass is 10.0. The van der Waals surface area contributed by atoms with Crippen molar-refractivity contribution in [3.63, 3.8) is 0 Å². The summed E-state index contributed by atoms with van der Waals surface area (Å²) in [6.07, 6.45) is 3.50. The first kappa shape index (κ1) is 14.4. The zero-order valence-electron chi connectivity index (χ0n) is 13.0. The molecule has 1 aromatic heterocycles. The SMILES string of the molecule is COc1ccc(C2=CC(c3cccc(F)c3)n3ncnc3N2)cc1. The molecule has 2 heterocycles. The van der Waals surface area contributed by atoms with E-state index in [1.165, 1.54) is 18.5 Å². The quantitative estimate of drug-likeness (QED) is 0.802. The smallest absolute Gasteiger partial charge is 0.226 e. The van der Waals surface area contributed by atoms with E-state index in [2.05, 4.69) is 15.4 Å². The lowest BCUT2D eigenvalue weighted by molar-refractivity contribution is 0.415. The second-order valence-electron chi connectivity index (χ2n) is 5.46. The first-order chi connectivity index (χ1) is 11.7. The Morgan fingerprint density at radius 2 is 2.00 bits per heavy atom. The zero-order valence-corrected chi connectivity index (χ0v) is 13.0. The van der Waals surface area contributed by atoms with Crippen molar-refractivity contribution in [2.24, 2.45) is 0 Å². The highest BCUT2D eigenvalue weighted by Gasteiger charge is 2.23. The van der Waals surface area contributed by atoms with Gasteiger partial charge in [-0.3, -0.25) is 0 Å². The average Bonchev–Trinajstić information content (AvgIpc) is 3.09. The van der Waals surface area contributed by atoms with Crippen LogP contribution in [0.5, 0.6) is 5.75 Å². The van der Waals surface area contributed by atoms with E-state index in [4.69, 9.17) is 4.74 Å². The van der Waals surface area contributed by atoms with E-state index < -0.39 is 0 Å². The number of benzene rings is 2. The van der Waals surface area contributed by atoms with Gasteiger partial charge in [0.1, 0.15) is 23.9 Å². The van der Waals surface area contributed by atoms with E-state index >= 15 is 0 Å². The second kappa shape index (κ2) is 5.81. The van der Waals surface area contributed by atoms with E-state index in [0.717, 1.165) is 22.6 Å². The number of aromatic nitrogens is 3. The van der Waals surface area contributed by atoms with Crippen molar-refractivity contribution in [2.45, 2.75) is 6.04 Å². The van der Waals surface area contributed by atoms with Gasteiger partial charge in [-0.25, -0.2) is 9.07 Å². The molecule has 0 saturated heterocycles. The van der Waals surface area contributed by atoms with Crippen LogP contribution in [-0.4, -0.2) is 21.9 Å². The van der Waals surface area contributed by atoms with Gasteiger partial charge >= 0.3 is 0 Å². The summed E-state index contributed by atoms with van der Waals surface area (Å²) in [7, 11) is 1.63. The number of anilines is 1. The number of rotatable bonds is 3. The molecule has 120 valence electrons. The van der Waals surface area contributed by atoms with Crippen LogP contribution in [0.3, 0.4) is 0 Å². The Kier molecular flexibility index (Phi) is 3.49. The van der Waals surface area contributed by atoms with E-state index in [0.29, 0.717) is 5.95 Å². The fourth-order valence-electron chi connectivity index (χ4n) is 2.80. The standard InChI is InChI=1S/C18H15FN4O/c1-24-15-7-5-12(6-8-15)16-10-17(13-3-2-4-14(19)9-13)23-18(22-16)20-11-21-23/h2-11,17H,1H3,(H,20,21,22). The van der Waals surface area contributed by atoms with Gasteiger partial charge in [0.2, 0.25) is 5.95 Å². The Bertz CT molecular complexity index is 901. The summed E-state index contributed by atoms with van der Waals surface area (Å²) in [4.78, 5) is 4.25. The monoisotopic (exact) mass is 322 g/mol. The lowest BCUT2D eigenvalue weighted by Crippen LogP contribution is -2.20. The van der Waals surface area contributed by atoms with Crippen molar-refractivity contribution in [3.8, 4) is 5.75 Å². The van der Waals surface area contributed by atoms with E-state index in [9.17, 15) is 4.39 Å². The number of methoxy groups -OCH3 is 1. The topological polar surface area (TPSA) is 52.0 Å². The summed E-state index contributed by atoms with van der Waals surface area (Å²) >= 11 is 0. The molecule has 24 heavy (non-hydrogen) atoms. The molecular weight excluding hydrogens is 307 g/mol. The van der Waals surface area contributed by atoms with Crippen LogP contribution in [0, 0.1) is 5.82 Å². The van der Waals surface area contributed by atoms with Gasteiger partial charge in [0.05, 0.1) is 7.11 Å². The molecule has 1 N–H and O–H groups in total. The number of hydrogen-bond acceptors (Lipinski definition) is 4. The highest BCUT2D eigenvalue weighted by Crippen LogP contribution is 2.32. The Hall–Kier alpha value is -3.15. The van der Waals surface area contributed by atoms with Crippen molar-refractivity contribution in [2.75, 3.05) is 12.4 Å². The molecule has 1 aliphatic heterocycles. The highest BCUT2D eigenvalue weighted by atomic mass is 19.1. The molecule has 3 aromatic rings. The van der Waals surface area contributed by atoms with Gasteiger partial charge in [-0.1, -0.05) is 12.1 Å². The third kappa shape index (κ3) is 2.52. The van der Waals surface area contributed by atoms with Crippen molar-refractivity contribution in [1.82, 2.24) is 14.8 Å². The van der Waals surface area contributed by atoms with Crippen LogP contribution in [0.25, 0.3) is 5.70 Å². The van der Waals surface area contributed by atoms with Crippen LogP contribution < -0.4 is 10.1 Å². The second-order valence-corrected chi connectivity index (χ2v) is 5.46. The normalized spacial score (nSPS) is 16.1. The van der Waals surface area contributed by atoms with Gasteiger partial charge < -0.3 is 10.1 Å². The Morgan fingerprint density at radius 3 is 2.75 bits per heavy atom. The minimum Gasteiger partial charge on any atom is -0.497 e. The van der Waals surface area contributed by atoms with Crippen LogP contribution in [0.2, 0.25) is 0 Å². The largest absolute Gasteiger partial charge is 0.497 e. The van der Waals surface area contributed by atoms with Gasteiger partial charge in [0, 0.05) is 5.70 Å². The Labute approximate surface area is 138 Å². The fourth-order valence-corrected chi connectivity index (χ4v) is 2.80. The molecule has 2 aromatic carbocycles. The van der Waals surface area contributed by atoms with Crippen molar-refractivity contribution in [1.29, 1.82) is 0 Å². The number of halogens is 1. The predicted octanol–water partition coefficient (Wildman–Crippen LogP) is 3.48. The molecule has 0 radical (unpaired) electrons. The van der Waals surface area contributed by atoms with Crippen LogP contribution in [0.4, 0.5) is 10.3 Å². The maximum absolute atomic E-state index is 13.6. The first-order valence-corrected chi connectivity index (χ1v) is 7.53. The summed E-state index contributed by atoms with van der Waals surface area (Å²) in [5.41, 5.74) is 2.70. The molecule has 0 aliphatic carbocycles. The molecule has 0 fully saturated rings. The van der Waals surface area contributed by atoms with Gasteiger partial charge in [0.25, 0.3) is 0 Å². The third-order valence-electron chi connectivity index (χ3n) is 4.00. The molecule has 1 unspecified atom stereocenters. The summed E-state index contributed by atoms with van der Waals surface area (Å²) in [6.45, 7) is 0. The van der Waals surface area contributed by atoms with Gasteiger partial charge in [-0.15, -0.1) is 0 Å². The third-order valence-corrected chi connectivity index (χ3v) is 4.00. The number of fused-ring (bicyclic) bond motifs is 1. The summed E-state index contributed by atoms with van der Waals surface area (Å²) < 4.78 is 20.6. The maximum Gasteiger partial charge on any atom is 0.226 e. The molecule has 1 aliphatic rings. The molecule has 1 atom stereocenters. The molecular formula is C18H15FN4O. The Balaban J connectivity index is 1.78. The minimum absolute atomic E-state index is 0.225. The predicted molar refractivity (Wildman–Crippen MR) is 89.2 cm³/mol. The van der Waals surface area contributed by atoms with Gasteiger partial charge in [-0.05, 0) is 53.6 Å². The van der Waals surface area contributed by atoms with Gasteiger partial charge in [-0.2, -0.15) is 10.1 Å². The molecule has 0 spiro atoms. The summed E-state index contributed by atoms with van der Waals surface area (Å²) in [5.74, 6) is 1.14. The number of hydrogen-bond donors (Lipinski definition) is 1. The highest BCUT2D eigenvalue weighted by molar-refractivity contribution is 5.77. The Morgan fingerprint density at radius 1 is 1.17 bits per heavy atom. The van der Waals surface area contributed by atoms with E-state index in [-0.39, 0.29) is 11.9 Å². The lowest BCUT2D eigenvalue weighted by Gasteiger charge is -2.24. The summed E-state index contributed by atoms with van der Waals surface area (Å²) in [6, 6.07) is 14.0. The molecule has 0 amide bonds. The minimum atomic E-state index is -0.271. The molecule has 5 nitrogen and oxygen atoms in total. The number of nitrogens with zero attached hydrogens (tertiary/aromatic N) is 3. The van der Waals surface area contributed by atoms with Crippen LogP contribution in [0.15, 0.2) is 60.9 Å². The molecule has 6 heteroatoms. The van der Waals surface area contributed by atoms with Crippen LogP contribution >= 0.6 is 0 Å². The van der Waals surface area contributed by atoms with E-state index in [1.807, 2.05) is 36.4 Å². The van der Waals surface area contributed by atoms with Crippen molar-refractivity contribution < 1.29 is 9.13 Å². The molecule has 0 bridgehead atoms. The van der Waals surface area contributed by atoms with Crippen molar-refractivity contribution in [3.05, 3.63) is 77.9 Å². The number of ether oxygens (including phenoxy) is 1. The molecule has 0 saturated carbocycles. The number of nitrogens with one attached hydrogen (secondary N) is 1. The van der Waals surface area contributed by atoms with Crippen molar-refractivity contribution >= 4 is 11.6 Å². The van der Waals surface area contributed by atoms with Crippen LogP contribution in [-0.2, 0) is 0 Å².